The highest BCUT2D eigenvalue weighted by atomic mass is 14.7. The van der Waals surface area contributed by atoms with E-state index >= 15 is 0 Å². The summed E-state index contributed by atoms with van der Waals surface area (Å²) < 4.78 is 0. The zero-order valence-electron chi connectivity index (χ0n) is 8.06. The first-order valence-electron chi connectivity index (χ1n) is 4.84. The molecule has 0 fully saturated rings. The molecule has 0 heterocycles. The average Bonchev–Trinajstić information content (AvgIpc) is 2.72. The van der Waals surface area contributed by atoms with E-state index in [0.717, 1.165) is 13.0 Å². The summed E-state index contributed by atoms with van der Waals surface area (Å²) in [6, 6.07) is 10.3. The molecule has 0 saturated heterocycles. The van der Waals surface area contributed by atoms with Crippen molar-refractivity contribution in [2.45, 2.75) is 13.0 Å². The number of hydrogen-bond donors (Lipinski definition) is 0. The van der Waals surface area contributed by atoms with E-state index in [1.807, 2.05) is 24.4 Å². The van der Waals surface area contributed by atoms with Crippen LogP contribution in [0.15, 0.2) is 59.1 Å². The van der Waals surface area contributed by atoms with E-state index in [2.05, 4.69) is 35.4 Å². The number of allylic oxidation sites excluding steroid dienone is 4. The minimum atomic E-state index is 0.776. The monoisotopic (exact) mass is 183 g/mol. The molecule has 0 radical (unpaired) electrons. The molecular weight excluding hydrogens is 170 g/mol. The van der Waals surface area contributed by atoms with Crippen LogP contribution in [0, 0.1) is 0 Å². The van der Waals surface area contributed by atoms with Crippen molar-refractivity contribution in [3.8, 4) is 0 Å². The third kappa shape index (κ3) is 2.43. The molecule has 14 heavy (non-hydrogen) atoms. The maximum absolute atomic E-state index is 4.39. The van der Waals surface area contributed by atoms with Crippen molar-refractivity contribution in [3.05, 3.63) is 59.7 Å². The highest BCUT2D eigenvalue weighted by Gasteiger charge is 1.93. The fraction of sp³-hybridized carbons (Fsp3) is 0.154. The smallest absolute Gasteiger partial charge is 0.0639 e. The molecule has 70 valence electrons. The molecule has 0 saturated carbocycles. The van der Waals surface area contributed by atoms with Crippen molar-refractivity contribution in [2.75, 3.05) is 0 Å². The lowest BCUT2D eigenvalue weighted by Crippen LogP contribution is -1.83. The van der Waals surface area contributed by atoms with Gasteiger partial charge >= 0.3 is 0 Å². The van der Waals surface area contributed by atoms with E-state index in [1.54, 1.807) is 0 Å². The van der Waals surface area contributed by atoms with Crippen molar-refractivity contribution in [1.82, 2.24) is 0 Å². The van der Waals surface area contributed by atoms with Crippen molar-refractivity contribution < 1.29 is 0 Å². The summed E-state index contributed by atoms with van der Waals surface area (Å²) in [5.74, 6) is 0. The van der Waals surface area contributed by atoms with Crippen LogP contribution < -0.4 is 0 Å². The molecule has 0 atom stereocenters. The Kier molecular flexibility index (Phi) is 2.92. The molecule has 0 bridgehead atoms. The van der Waals surface area contributed by atoms with Crippen LogP contribution in [0.4, 0.5) is 0 Å². The fourth-order valence-corrected chi connectivity index (χ4v) is 1.41. The van der Waals surface area contributed by atoms with Crippen molar-refractivity contribution in [1.29, 1.82) is 0 Å². The number of aliphatic imine (C=N–C) groups is 1. The molecule has 0 spiro atoms. The summed E-state index contributed by atoms with van der Waals surface area (Å²) in [6.07, 6.45) is 9.31. The Morgan fingerprint density at radius 1 is 1.21 bits per heavy atom. The number of benzene rings is 1. The van der Waals surface area contributed by atoms with Gasteiger partial charge in [0.05, 0.1) is 6.54 Å². The van der Waals surface area contributed by atoms with Crippen LogP contribution in [-0.4, -0.2) is 6.21 Å². The second-order valence-electron chi connectivity index (χ2n) is 3.33. The maximum Gasteiger partial charge on any atom is 0.0639 e. The van der Waals surface area contributed by atoms with Crippen LogP contribution in [0.1, 0.15) is 12.0 Å². The summed E-state index contributed by atoms with van der Waals surface area (Å²) in [4.78, 5) is 4.39. The summed E-state index contributed by atoms with van der Waals surface area (Å²) in [6.45, 7) is 0.776. The standard InChI is InChI=1S/C13H13N/c1-2-6-12(7-3-1)10-14-11-13-8-4-5-9-13/h1-8,11H,9-10H2. The van der Waals surface area contributed by atoms with Gasteiger partial charge in [-0.25, -0.2) is 0 Å². The van der Waals surface area contributed by atoms with Crippen molar-refractivity contribution >= 4 is 6.21 Å². The van der Waals surface area contributed by atoms with Crippen LogP contribution in [0.2, 0.25) is 0 Å². The van der Waals surface area contributed by atoms with Crippen LogP contribution in [0.25, 0.3) is 0 Å². The molecule has 0 unspecified atom stereocenters. The minimum Gasteiger partial charge on any atom is -0.288 e. The van der Waals surface area contributed by atoms with Gasteiger partial charge in [0, 0.05) is 6.21 Å². The van der Waals surface area contributed by atoms with Crippen LogP contribution >= 0.6 is 0 Å². The normalized spacial score (nSPS) is 15.0. The first kappa shape index (κ1) is 8.95. The molecule has 2 rings (SSSR count). The van der Waals surface area contributed by atoms with Gasteiger partial charge in [-0.15, -0.1) is 0 Å². The molecule has 1 nitrogen and oxygen atoms in total. The Morgan fingerprint density at radius 2 is 2.07 bits per heavy atom. The third-order valence-corrected chi connectivity index (χ3v) is 2.17. The topological polar surface area (TPSA) is 12.4 Å². The van der Waals surface area contributed by atoms with Gasteiger partial charge in [0.15, 0.2) is 0 Å². The number of hydrogen-bond acceptors (Lipinski definition) is 1. The van der Waals surface area contributed by atoms with E-state index in [0.29, 0.717) is 0 Å². The lowest BCUT2D eigenvalue weighted by Gasteiger charge is -1.94. The molecule has 1 aliphatic rings. The van der Waals surface area contributed by atoms with Crippen molar-refractivity contribution in [2.24, 2.45) is 4.99 Å². The predicted molar refractivity (Wildman–Crippen MR) is 60.5 cm³/mol. The first-order chi connectivity index (χ1) is 6.95. The summed E-state index contributed by atoms with van der Waals surface area (Å²) in [5.41, 5.74) is 2.55. The second kappa shape index (κ2) is 4.56. The van der Waals surface area contributed by atoms with Crippen molar-refractivity contribution in [3.63, 3.8) is 0 Å². The zero-order chi connectivity index (χ0) is 9.64. The molecular formula is C13H13N. The van der Waals surface area contributed by atoms with Crippen LogP contribution in [0.3, 0.4) is 0 Å². The fourth-order valence-electron chi connectivity index (χ4n) is 1.41. The largest absolute Gasteiger partial charge is 0.288 e. The van der Waals surface area contributed by atoms with Gasteiger partial charge in [-0.05, 0) is 17.6 Å². The molecule has 1 aromatic rings. The van der Waals surface area contributed by atoms with Gasteiger partial charge in [0.2, 0.25) is 0 Å². The van der Waals surface area contributed by atoms with E-state index in [-0.39, 0.29) is 0 Å². The van der Waals surface area contributed by atoms with E-state index in [4.69, 9.17) is 0 Å². The number of nitrogens with zero attached hydrogens (tertiary/aromatic N) is 1. The highest BCUT2D eigenvalue weighted by Crippen LogP contribution is 2.08. The highest BCUT2D eigenvalue weighted by molar-refractivity contribution is 5.80. The van der Waals surface area contributed by atoms with Gasteiger partial charge < -0.3 is 0 Å². The van der Waals surface area contributed by atoms with Gasteiger partial charge in [-0.2, -0.15) is 0 Å². The molecule has 1 heteroatoms. The molecule has 0 aliphatic heterocycles. The second-order valence-corrected chi connectivity index (χ2v) is 3.33. The SMILES string of the molecule is C1=CCC(C=NCc2ccccc2)=C1. The Morgan fingerprint density at radius 3 is 2.79 bits per heavy atom. The Hall–Kier alpha value is -1.63. The first-order valence-corrected chi connectivity index (χ1v) is 4.84. The summed E-state index contributed by atoms with van der Waals surface area (Å²) in [7, 11) is 0. The Labute approximate surface area is 84.5 Å². The lowest BCUT2D eigenvalue weighted by molar-refractivity contribution is 1.07. The van der Waals surface area contributed by atoms with Gasteiger partial charge in [-0.1, -0.05) is 48.6 Å². The molecule has 0 amide bonds. The van der Waals surface area contributed by atoms with Crippen LogP contribution in [0.5, 0.6) is 0 Å². The summed E-state index contributed by atoms with van der Waals surface area (Å²) in [5, 5.41) is 0. The molecule has 1 aromatic carbocycles. The quantitative estimate of drug-likeness (QED) is 0.638. The van der Waals surface area contributed by atoms with Gasteiger partial charge in [0.1, 0.15) is 0 Å². The zero-order valence-corrected chi connectivity index (χ0v) is 8.06. The number of rotatable bonds is 3. The van der Waals surface area contributed by atoms with E-state index < -0.39 is 0 Å². The lowest BCUT2D eigenvalue weighted by atomic mass is 10.2. The molecule has 0 N–H and O–H groups in total. The average molecular weight is 183 g/mol. The van der Waals surface area contributed by atoms with E-state index in [9.17, 15) is 0 Å². The predicted octanol–water partition coefficient (Wildman–Crippen LogP) is 3.14. The van der Waals surface area contributed by atoms with E-state index in [1.165, 1.54) is 11.1 Å². The Bertz CT molecular complexity index is 371. The summed E-state index contributed by atoms with van der Waals surface area (Å²) >= 11 is 0. The van der Waals surface area contributed by atoms with Gasteiger partial charge in [0.25, 0.3) is 0 Å². The minimum absolute atomic E-state index is 0.776. The molecule has 1 aliphatic carbocycles. The molecule has 0 aromatic heterocycles. The Balaban J connectivity index is 1.88. The third-order valence-electron chi connectivity index (χ3n) is 2.17. The van der Waals surface area contributed by atoms with Crippen LogP contribution in [-0.2, 0) is 6.54 Å². The van der Waals surface area contributed by atoms with Gasteiger partial charge in [-0.3, -0.25) is 4.99 Å². The maximum atomic E-state index is 4.39.